The van der Waals surface area contributed by atoms with Gasteiger partial charge in [0.1, 0.15) is 18.2 Å². The van der Waals surface area contributed by atoms with Crippen LogP contribution in [0.25, 0.3) is 6.08 Å². The third kappa shape index (κ3) is 9.42. The molecule has 8 nitrogen and oxygen atoms in total. The number of methoxy groups -OCH3 is 1. The lowest BCUT2D eigenvalue weighted by Crippen LogP contribution is -2.14. The molecule has 1 aromatic rings. The second-order valence-corrected chi connectivity index (χ2v) is 5.15. The zero-order valence-electron chi connectivity index (χ0n) is 15.1. The molecule has 0 amide bonds. The number of benzene rings is 1. The van der Waals surface area contributed by atoms with Gasteiger partial charge in [-0.2, -0.15) is 5.26 Å². The molecule has 0 aromatic heterocycles. The van der Waals surface area contributed by atoms with E-state index in [-0.39, 0.29) is 30.3 Å². The monoisotopic (exact) mass is 377 g/mol. The molecule has 0 aliphatic heterocycles. The maximum absolute atomic E-state index is 11.8. The Hall–Kier alpha value is -2.86. The van der Waals surface area contributed by atoms with E-state index < -0.39 is 5.97 Å². The number of phenolic OH excluding ortho intramolecular Hbond substituents is 2. The molecule has 0 saturated heterocycles. The Kier molecular flexibility index (Phi) is 11.0. The van der Waals surface area contributed by atoms with Crippen molar-refractivity contribution in [2.75, 3.05) is 46.8 Å². The molecule has 8 heteroatoms. The molecule has 1 rings (SSSR count). The van der Waals surface area contributed by atoms with E-state index in [1.807, 2.05) is 0 Å². The lowest BCUT2D eigenvalue weighted by Gasteiger charge is -2.06. The van der Waals surface area contributed by atoms with Crippen LogP contribution in [0.1, 0.15) is 5.56 Å². The number of hydrogen-bond acceptors (Lipinski definition) is 8. The first kappa shape index (κ1) is 22.2. The van der Waals surface area contributed by atoms with E-state index >= 15 is 0 Å². The van der Waals surface area contributed by atoms with Crippen LogP contribution in [0.2, 0.25) is 0 Å². The van der Waals surface area contributed by atoms with Gasteiger partial charge in [0, 0.05) is 7.11 Å². The number of allylic oxidation sites excluding steroid dienone is 2. The molecule has 2 N–H and O–H groups in total. The lowest BCUT2D eigenvalue weighted by atomic mass is 10.1. The number of carbonyl (C=O) groups excluding carboxylic acids is 1. The molecule has 0 bridgehead atoms. The second kappa shape index (κ2) is 13.4. The third-order valence-electron chi connectivity index (χ3n) is 3.16. The number of carbonyl (C=O) groups is 1. The van der Waals surface area contributed by atoms with Crippen molar-refractivity contribution in [1.82, 2.24) is 0 Å². The Balaban J connectivity index is 2.32. The molecule has 0 fully saturated rings. The summed E-state index contributed by atoms with van der Waals surface area (Å²) >= 11 is 0. The molecule has 27 heavy (non-hydrogen) atoms. The maximum atomic E-state index is 11.8. The molecule has 0 saturated carbocycles. The summed E-state index contributed by atoms with van der Waals surface area (Å²) in [7, 11) is 1.59. The predicted molar refractivity (Wildman–Crippen MR) is 97.0 cm³/mol. The zero-order chi connectivity index (χ0) is 19.9. The van der Waals surface area contributed by atoms with Gasteiger partial charge in [0.2, 0.25) is 0 Å². The van der Waals surface area contributed by atoms with Crippen molar-refractivity contribution in [3.05, 3.63) is 41.5 Å². The van der Waals surface area contributed by atoms with Gasteiger partial charge in [-0.3, -0.25) is 0 Å². The van der Waals surface area contributed by atoms with E-state index in [4.69, 9.17) is 24.2 Å². The summed E-state index contributed by atoms with van der Waals surface area (Å²) in [6.07, 6.45) is 4.34. The number of hydrogen-bond donors (Lipinski definition) is 2. The summed E-state index contributed by atoms with van der Waals surface area (Å²) in [6.45, 7) is 2.00. The Morgan fingerprint density at radius 2 is 1.74 bits per heavy atom. The summed E-state index contributed by atoms with van der Waals surface area (Å²) < 4.78 is 20.2. The minimum atomic E-state index is -0.754. The largest absolute Gasteiger partial charge is 0.504 e. The van der Waals surface area contributed by atoms with Gasteiger partial charge < -0.3 is 29.2 Å². The Labute approximate surface area is 157 Å². The minimum absolute atomic E-state index is 0.0193. The number of ether oxygens (including phenoxy) is 4. The van der Waals surface area contributed by atoms with E-state index in [2.05, 4.69) is 0 Å². The van der Waals surface area contributed by atoms with Crippen LogP contribution in [-0.2, 0) is 23.7 Å². The van der Waals surface area contributed by atoms with Gasteiger partial charge in [-0.05, 0) is 23.8 Å². The number of aromatic hydroxyl groups is 2. The van der Waals surface area contributed by atoms with Crippen LogP contribution in [0.15, 0.2) is 35.9 Å². The summed E-state index contributed by atoms with van der Waals surface area (Å²) in [5.41, 5.74) is 0.422. The summed E-state index contributed by atoms with van der Waals surface area (Å²) in [6, 6.07) is 6.01. The lowest BCUT2D eigenvalue weighted by molar-refractivity contribution is -0.140. The van der Waals surface area contributed by atoms with Crippen molar-refractivity contribution in [3.63, 3.8) is 0 Å². The molecule has 146 valence electrons. The maximum Gasteiger partial charge on any atom is 0.348 e. The van der Waals surface area contributed by atoms with Crippen LogP contribution in [-0.4, -0.2) is 62.9 Å². The van der Waals surface area contributed by atoms with E-state index in [9.17, 15) is 15.0 Å². The second-order valence-electron chi connectivity index (χ2n) is 5.15. The van der Waals surface area contributed by atoms with E-state index in [1.165, 1.54) is 24.3 Å². The van der Waals surface area contributed by atoms with Crippen LogP contribution >= 0.6 is 0 Å². The SMILES string of the molecule is COCCOCCOCCOC(=O)/C(C#N)=C/C=C/c1ccc(O)c(O)c1. The van der Waals surface area contributed by atoms with Gasteiger partial charge in [-0.25, -0.2) is 4.79 Å². The highest BCUT2D eigenvalue weighted by Gasteiger charge is 2.09. The quantitative estimate of drug-likeness (QED) is 0.141. The Bertz CT molecular complexity index is 692. The number of rotatable bonds is 12. The van der Waals surface area contributed by atoms with Crippen molar-refractivity contribution in [1.29, 1.82) is 5.26 Å². The first-order valence-electron chi connectivity index (χ1n) is 8.20. The number of esters is 1. The van der Waals surface area contributed by atoms with Gasteiger partial charge in [-0.15, -0.1) is 0 Å². The van der Waals surface area contributed by atoms with Crippen LogP contribution in [0.3, 0.4) is 0 Å². The van der Waals surface area contributed by atoms with Crippen molar-refractivity contribution in [2.24, 2.45) is 0 Å². The molecule has 0 aliphatic carbocycles. The molecule has 0 unspecified atom stereocenters. The van der Waals surface area contributed by atoms with Crippen molar-refractivity contribution >= 4 is 12.0 Å². The van der Waals surface area contributed by atoms with Gasteiger partial charge in [0.05, 0.1) is 33.0 Å². The van der Waals surface area contributed by atoms with Crippen molar-refractivity contribution in [2.45, 2.75) is 0 Å². The predicted octanol–water partition coefficient (Wildman–Crippen LogP) is 1.78. The van der Waals surface area contributed by atoms with Crippen molar-refractivity contribution in [3.8, 4) is 17.6 Å². The van der Waals surface area contributed by atoms with Crippen molar-refractivity contribution < 1.29 is 34.0 Å². The highest BCUT2D eigenvalue weighted by molar-refractivity contribution is 5.93. The highest BCUT2D eigenvalue weighted by Crippen LogP contribution is 2.25. The van der Waals surface area contributed by atoms with Gasteiger partial charge >= 0.3 is 5.97 Å². The van der Waals surface area contributed by atoms with Gasteiger partial charge in [0.15, 0.2) is 11.5 Å². The normalized spacial score (nSPS) is 11.5. The van der Waals surface area contributed by atoms with Crippen LogP contribution in [0.4, 0.5) is 0 Å². The van der Waals surface area contributed by atoms with E-state index in [1.54, 1.807) is 25.3 Å². The summed E-state index contributed by atoms with van der Waals surface area (Å²) in [4.78, 5) is 11.8. The van der Waals surface area contributed by atoms with E-state index in [0.717, 1.165) is 0 Å². The van der Waals surface area contributed by atoms with Gasteiger partial charge in [0.25, 0.3) is 0 Å². The first-order valence-corrected chi connectivity index (χ1v) is 8.20. The summed E-state index contributed by atoms with van der Waals surface area (Å²) in [5, 5.41) is 27.7. The van der Waals surface area contributed by atoms with Crippen LogP contribution in [0, 0.1) is 11.3 Å². The van der Waals surface area contributed by atoms with E-state index in [0.29, 0.717) is 32.0 Å². The zero-order valence-corrected chi connectivity index (χ0v) is 15.1. The van der Waals surface area contributed by atoms with Crippen LogP contribution < -0.4 is 0 Å². The number of phenols is 2. The van der Waals surface area contributed by atoms with Gasteiger partial charge in [-0.1, -0.05) is 18.2 Å². The molecule has 0 spiro atoms. The highest BCUT2D eigenvalue weighted by atomic mass is 16.6. The Morgan fingerprint density at radius 3 is 2.37 bits per heavy atom. The fourth-order valence-corrected chi connectivity index (χ4v) is 1.79. The molecular formula is C19H23NO7. The smallest absolute Gasteiger partial charge is 0.348 e. The average Bonchev–Trinajstić information content (AvgIpc) is 2.66. The number of nitrogens with zero attached hydrogens (tertiary/aromatic N) is 1. The summed E-state index contributed by atoms with van der Waals surface area (Å²) in [5.74, 6) is -1.24. The third-order valence-corrected chi connectivity index (χ3v) is 3.16. The average molecular weight is 377 g/mol. The first-order chi connectivity index (χ1) is 13.1. The standard InChI is InChI=1S/C19H23NO7/c1-24-7-8-25-9-10-26-11-12-27-19(23)16(14-20)4-2-3-15-5-6-17(21)18(22)13-15/h2-6,13,21-22H,7-12H2,1H3/b3-2+,16-4+. The fourth-order valence-electron chi connectivity index (χ4n) is 1.79. The molecule has 0 radical (unpaired) electrons. The molecule has 0 atom stereocenters. The molecule has 0 aliphatic rings. The molecule has 0 heterocycles. The molecular weight excluding hydrogens is 354 g/mol. The van der Waals surface area contributed by atoms with Crippen LogP contribution in [0.5, 0.6) is 11.5 Å². The number of nitriles is 1. The topological polar surface area (TPSA) is 118 Å². The molecule has 1 aromatic carbocycles. The fraction of sp³-hybridized carbons (Fsp3) is 0.368. The Morgan fingerprint density at radius 1 is 1.07 bits per heavy atom. The minimum Gasteiger partial charge on any atom is -0.504 e.